The lowest BCUT2D eigenvalue weighted by atomic mass is 10.1. The van der Waals surface area contributed by atoms with Crippen LogP contribution >= 0.6 is 0 Å². The lowest BCUT2D eigenvalue weighted by Gasteiger charge is -2.14. The Kier molecular flexibility index (Phi) is 6.31. The van der Waals surface area contributed by atoms with E-state index in [4.69, 9.17) is 9.47 Å². The van der Waals surface area contributed by atoms with E-state index in [0.717, 1.165) is 5.56 Å². The van der Waals surface area contributed by atoms with Crippen LogP contribution in [0.15, 0.2) is 42.9 Å². The maximum Gasteiger partial charge on any atom is 0.319 e. The Hall–Kier alpha value is -2.67. The summed E-state index contributed by atoms with van der Waals surface area (Å²) in [6, 6.07) is 6.70. The van der Waals surface area contributed by atoms with Crippen molar-refractivity contribution in [3.63, 3.8) is 0 Å². The maximum atomic E-state index is 12.0. The van der Waals surface area contributed by atoms with Crippen LogP contribution in [0.4, 0.5) is 10.5 Å². The van der Waals surface area contributed by atoms with E-state index in [2.05, 4.69) is 20.6 Å². The third kappa shape index (κ3) is 5.55. The van der Waals surface area contributed by atoms with Gasteiger partial charge in [0.1, 0.15) is 6.61 Å². The van der Waals surface area contributed by atoms with E-state index in [1.807, 2.05) is 19.1 Å². The fraction of sp³-hybridized carbons (Fsp3) is 0.312. The van der Waals surface area contributed by atoms with Crippen molar-refractivity contribution in [2.75, 3.05) is 25.6 Å². The number of amides is 2. The number of hydrogen-bond donors (Lipinski definition) is 2. The zero-order chi connectivity index (χ0) is 16.5. The molecule has 7 nitrogen and oxygen atoms in total. The molecule has 0 saturated heterocycles. The van der Waals surface area contributed by atoms with Gasteiger partial charge in [0.15, 0.2) is 0 Å². The molecule has 23 heavy (non-hydrogen) atoms. The molecule has 1 atom stereocenters. The number of anilines is 1. The SMILES string of the molecule is COCCOc1ccc(NC(=O)N[C@H](C)c2cccnc2)cn1. The second-order valence-electron chi connectivity index (χ2n) is 4.83. The van der Waals surface area contributed by atoms with Gasteiger partial charge in [-0.2, -0.15) is 0 Å². The second-order valence-corrected chi connectivity index (χ2v) is 4.83. The molecule has 2 N–H and O–H groups in total. The van der Waals surface area contributed by atoms with Gasteiger partial charge < -0.3 is 20.1 Å². The van der Waals surface area contributed by atoms with Crippen molar-refractivity contribution in [3.05, 3.63) is 48.4 Å². The van der Waals surface area contributed by atoms with Crippen molar-refractivity contribution >= 4 is 11.7 Å². The van der Waals surface area contributed by atoms with Crippen molar-refractivity contribution in [1.29, 1.82) is 0 Å². The predicted octanol–water partition coefficient (Wildman–Crippen LogP) is 2.38. The van der Waals surface area contributed by atoms with Gasteiger partial charge in [-0.1, -0.05) is 6.07 Å². The van der Waals surface area contributed by atoms with Crippen LogP contribution in [0.5, 0.6) is 5.88 Å². The quantitative estimate of drug-likeness (QED) is 0.766. The predicted molar refractivity (Wildman–Crippen MR) is 86.4 cm³/mol. The van der Waals surface area contributed by atoms with E-state index < -0.39 is 0 Å². The second kappa shape index (κ2) is 8.70. The standard InChI is InChI=1S/C16H20N4O3/c1-12(13-4-3-7-17-10-13)19-16(21)20-14-5-6-15(18-11-14)23-9-8-22-2/h3-7,10-12H,8-9H2,1-2H3,(H2,19,20,21)/t12-/m1/s1. The molecule has 0 aliphatic rings. The van der Waals surface area contributed by atoms with Crippen LogP contribution in [0, 0.1) is 0 Å². The first kappa shape index (κ1) is 16.7. The molecular weight excluding hydrogens is 296 g/mol. The van der Waals surface area contributed by atoms with Crippen LogP contribution in [-0.4, -0.2) is 36.3 Å². The van der Waals surface area contributed by atoms with E-state index in [1.54, 1.807) is 31.6 Å². The molecule has 0 bridgehead atoms. The lowest BCUT2D eigenvalue weighted by Crippen LogP contribution is -2.31. The number of nitrogens with zero attached hydrogens (tertiary/aromatic N) is 2. The summed E-state index contributed by atoms with van der Waals surface area (Å²) in [6.45, 7) is 2.82. The number of carbonyl (C=O) groups excluding carboxylic acids is 1. The molecule has 0 radical (unpaired) electrons. The Labute approximate surface area is 135 Å². The number of ether oxygens (including phenoxy) is 2. The molecular formula is C16H20N4O3. The molecule has 0 aliphatic carbocycles. The molecule has 2 amide bonds. The Balaban J connectivity index is 1.83. The highest BCUT2D eigenvalue weighted by Crippen LogP contribution is 2.13. The average molecular weight is 316 g/mol. The van der Waals surface area contributed by atoms with Gasteiger partial charge in [0, 0.05) is 25.6 Å². The summed E-state index contributed by atoms with van der Waals surface area (Å²) in [5.41, 5.74) is 1.52. The summed E-state index contributed by atoms with van der Waals surface area (Å²) >= 11 is 0. The Morgan fingerprint density at radius 1 is 1.26 bits per heavy atom. The van der Waals surface area contributed by atoms with E-state index in [1.165, 1.54) is 6.20 Å². The number of rotatable bonds is 7. The average Bonchev–Trinajstić information content (AvgIpc) is 2.57. The molecule has 0 fully saturated rings. The first-order valence-corrected chi connectivity index (χ1v) is 7.24. The minimum Gasteiger partial charge on any atom is -0.475 e. The van der Waals surface area contributed by atoms with Gasteiger partial charge in [-0.25, -0.2) is 9.78 Å². The highest BCUT2D eigenvalue weighted by atomic mass is 16.5. The summed E-state index contributed by atoms with van der Waals surface area (Å²) in [6.07, 6.45) is 4.95. The summed E-state index contributed by atoms with van der Waals surface area (Å²) in [7, 11) is 1.61. The van der Waals surface area contributed by atoms with E-state index >= 15 is 0 Å². The molecule has 2 rings (SSSR count). The number of hydrogen-bond acceptors (Lipinski definition) is 5. The molecule has 0 aliphatic heterocycles. The van der Waals surface area contributed by atoms with Gasteiger partial charge in [0.2, 0.25) is 5.88 Å². The number of nitrogens with one attached hydrogen (secondary N) is 2. The fourth-order valence-corrected chi connectivity index (χ4v) is 1.85. The third-order valence-corrected chi connectivity index (χ3v) is 3.06. The van der Waals surface area contributed by atoms with Crippen molar-refractivity contribution in [2.45, 2.75) is 13.0 Å². The Morgan fingerprint density at radius 3 is 2.78 bits per heavy atom. The monoisotopic (exact) mass is 316 g/mol. The molecule has 0 aromatic carbocycles. The molecule has 2 heterocycles. The highest BCUT2D eigenvalue weighted by molar-refractivity contribution is 5.89. The fourth-order valence-electron chi connectivity index (χ4n) is 1.85. The highest BCUT2D eigenvalue weighted by Gasteiger charge is 2.09. The third-order valence-electron chi connectivity index (χ3n) is 3.06. The number of methoxy groups -OCH3 is 1. The smallest absolute Gasteiger partial charge is 0.319 e. The van der Waals surface area contributed by atoms with E-state index in [9.17, 15) is 4.79 Å². The van der Waals surface area contributed by atoms with Gasteiger partial charge in [-0.15, -0.1) is 0 Å². The summed E-state index contributed by atoms with van der Waals surface area (Å²) in [4.78, 5) is 20.1. The first-order chi connectivity index (χ1) is 11.2. The summed E-state index contributed by atoms with van der Waals surface area (Å²) in [5.74, 6) is 0.483. The van der Waals surface area contributed by atoms with Crippen LogP contribution in [0.2, 0.25) is 0 Å². The minimum absolute atomic E-state index is 0.145. The number of urea groups is 1. The Morgan fingerprint density at radius 2 is 2.13 bits per heavy atom. The van der Waals surface area contributed by atoms with Crippen LogP contribution in [0.3, 0.4) is 0 Å². The topological polar surface area (TPSA) is 85.4 Å². The van der Waals surface area contributed by atoms with Gasteiger partial charge in [0.25, 0.3) is 0 Å². The summed E-state index contributed by atoms with van der Waals surface area (Å²) in [5, 5.41) is 5.56. The maximum absolute atomic E-state index is 12.0. The molecule has 122 valence electrons. The van der Waals surface area contributed by atoms with Crippen molar-refractivity contribution in [2.24, 2.45) is 0 Å². The number of pyridine rings is 2. The molecule has 0 saturated carbocycles. The van der Waals surface area contributed by atoms with Gasteiger partial charge >= 0.3 is 6.03 Å². The van der Waals surface area contributed by atoms with Crippen molar-refractivity contribution in [1.82, 2.24) is 15.3 Å². The van der Waals surface area contributed by atoms with Gasteiger partial charge in [-0.3, -0.25) is 4.98 Å². The van der Waals surface area contributed by atoms with Crippen molar-refractivity contribution < 1.29 is 14.3 Å². The summed E-state index contributed by atoms with van der Waals surface area (Å²) < 4.78 is 10.2. The zero-order valence-corrected chi connectivity index (χ0v) is 13.2. The van der Waals surface area contributed by atoms with Gasteiger partial charge in [-0.05, 0) is 24.6 Å². The largest absolute Gasteiger partial charge is 0.475 e. The molecule has 2 aromatic rings. The van der Waals surface area contributed by atoms with Crippen LogP contribution < -0.4 is 15.4 Å². The zero-order valence-electron chi connectivity index (χ0n) is 13.2. The molecule has 2 aromatic heterocycles. The van der Waals surface area contributed by atoms with Gasteiger partial charge in [0.05, 0.1) is 24.5 Å². The first-order valence-electron chi connectivity index (χ1n) is 7.24. The van der Waals surface area contributed by atoms with E-state index in [0.29, 0.717) is 24.8 Å². The molecule has 0 spiro atoms. The normalized spacial score (nSPS) is 11.6. The number of carbonyl (C=O) groups is 1. The van der Waals surface area contributed by atoms with Crippen LogP contribution in [0.1, 0.15) is 18.5 Å². The molecule has 7 heteroatoms. The minimum atomic E-state index is -0.309. The van der Waals surface area contributed by atoms with Crippen molar-refractivity contribution in [3.8, 4) is 5.88 Å². The van der Waals surface area contributed by atoms with Crippen LogP contribution in [0.25, 0.3) is 0 Å². The number of aromatic nitrogens is 2. The lowest BCUT2D eigenvalue weighted by molar-refractivity contribution is 0.144. The Bertz CT molecular complexity index is 604. The molecule has 0 unspecified atom stereocenters. The van der Waals surface area contributed by atoms with E-state index in [-0.39, 0.29) is 12.1 Å². The van der Waals surface area contributed by atoms with Crippen LogP contribution in [-0.2, 0) is 4.74 Å².